The zero-order valence-corrected chi connectivity index (χ0v) is 14.6. The van der Waals surface area contributed by atoms with Crippen LogP contribution in [0.4, 0.5) is 0 Å². The summed E-state index contributed by atoms with van der Waals surface area (Å²) in [5.74, 6) is 0.795. The van der Waals surface area contributed by atoms with Gasteiger partial charge in [0.25, 0.3) is 0 Å². The number of methoxy groups -OCH3 is 2. The number of carbonyl (C=O) groups is 1. The molecule has 2 rings (SSSR count). The molecule has 0 N–H and O–H groups in total. The highest BCUT2D eigenvalue weighted by atomic mass is 35.5. The van der Waals surface area contributed by atoms with Crippen LogP contribution in [0.25, 0.3) is 5.57 Å². The van der Waals surface area contributed by atoms with Gasteiger partial charge in [-0.1, -0.05) is 29.8 Å². The fraction of sp³-hybridized carbons (Fsp3) is 0.211. The van der Waals surface area contributed by atoms with Gasteiger partial charge in [-0.3, -0.25) is 0 Å². The molecule has 0 amide bonds. The average molecular weight is 347 g/mol. The van der Waals surface area contributed by atoms with Crippen LogP contribution in [0.5, 0.6) is 11.5 Å². The van der Waals surface area contributed by atoms with Gasteiger partial charge in [-0.05, 0) is 47.9 Å². The summed E-state index contributed by atoms with van der Waals surface area (Å²) < 4.78 is 15.6. The highest BCUT2D eigenvalue weighted by Crippen LogP contribution is 2.33. The first-order valence-electron chi connectivity index (χ1n) is 7.45. The Balaban J connectivity index is 2.53. The normalized spacial score (nSPS) is 11.1. The lowest BCUT2D eigenvalue weighted by molar-refractivity contribution is -0.137. The molecule has 0 aliphatic heterocycles. The molecular formula is C19H19ClO4. The standard InChI is InChI=1S/C19H19ClO4/c1-4-24-19(21)12-16(13-5-8-15(20)9-6-13)14-7-10-17(22-2)18(11-14)23-3/h5-12H,4H2,1-3H3/b16-12-. The van der Waals surface area contributed by atoms with Gasteiger partial charge >= 0.3 is 5.97 Å². The quantitative estimate of drug-likeness (QED) is 0.576. The number of rotatable bonds is 6. The maximum absolute atomic E-state index is 12.0. The number of hydrogen-bond donors (Lipinski definition) is 0. The topological polar surface area (TPSA) is 44.8 Å². The summed E-state index contributed by atoms with van der Waals surface area (Å²) >= 11 is 5.96. The maximum atomic E-state index is 12.0. The lowest BCUT2D eigenvalue weighted by Gasteiger charge is -2.13. The van der Waals surface area contributed by atoms with Crippen molar-refractivity contribution in [2.45, 2.75) is 6.92 Å². The number of benzene rings is 2. The first-order valence-corrected chi connectivity index (χ1v) is 7.83. The van der Waals surface area contributed by atoms with Gasteiger partial charge in [0, 0.05) is 11.1 Å². The molecule has 24 heavy (non-hydrogen) atoms. The zero-order chi connectivity index (χ0) is 17.5. The van der Waals surface area contributed by atoms with Crippen molar-refractivity contribution in [3.05, 3.63) is 64.7 Å². The molecule has 0 spiro atoms. The summed E-state index contributed by atoms with van der Waals surface area (Å²) in [5, 5.41) is 0.626. The Kier molecular flexibility index (Phi) is 6.27. The Bertz CT molecular complexity index is 736. The lowest BCUT2D eigenvalue weighted by atomic mass is 9.97. The Labute approximate surface area is 146 Å². The Hall–Kier alpha value is -2.46. The lowest BCUT2D eigenvalue weighted by Crippen LogP contribution is -2.02. The van der Waals surface area contributed by atoms with E-state index in [2.05, 4.69) is 0 Å². The van der Waals surface area contributed by atoms with Crippen molar-refractivity contribution in [3.63, 3.8) is 0 Å². The number of esters is 1. The molecule has 0 saturated heterocycles. The zero-order valence-electron chi connectivity index (χ0n) is 13.8. The highest BCUT2D eigenvalue weighted by Gasteiger charge is 2.12. The minimum atomic E-state index is -0.405. The second-order valence-corrected chi connectivity index (χ2v) is 5.32. The van der Waals surface area contributed by atoms with E-state index in [9.17, 15) is 4.79 Å². The van der Waals surface area contributed by atoms with Crippen LogP contribution in [0.15, 0.2) is 48.5 Å². The predicted octanol–water partition coefficient (Wildman–Crippen LogP) is 4.35. The predicted molar refractivity (Wildman–Crippen MR) is 94.7 cm³/mol. The van der Waals surface area contributed by atoms with Gasteiger partial charge in [0.1, 0.15) is 0 Å². The van der Waals surface area contributed by atoms with Crippen LogP contribution in [0.2, 0.25) is 5.02 Å². The SMILES string of the molecule is CCOC(=O)/C=C(/c1ccc(Cl)cc1)c1ccc(OC)c(OC)c1. The summed E-state index contributed by atoms with van der Waals surface area (Å²) in [6, 6.07) is 12.7. The van der Waals surface area contributed by atoms with E-state index >= 15 is 0 Å². The van der Waals surface area contributed by atoms with Crippen LogP contribution in [0.3, 0.4) is 0 Å². The third kappa shape index (κ3) is 4.30. The molecule has 0 aliphatic rings. The number of halogens is 1. The van der Waals surface area contributed by atoms with Gasteiger partial charge in [0.05, 0.1) is 20.8 Å². The van der Waals surface area contributed by atoms with E-state index in [0.717, 1.165) is 11.1 Å². The van der Waals surface area contributed by atoms with Gasteiger partial charge in [-0.25, -0.2) is 4.79 Å². The molecule has 4 nitrogen and oxygen atoms in total. The van der Waals surface area contributed by atoms with Gasteiger partial charge in [-0.15, -0.1) is 0 Å². The third-order valence-electron chi connectivity index (χ3n) is 3.40. The Morgan fingerprint density at radius 2 is 1.62 bits per heavy atom. The molecule has 2 aromatic rings. The fourth-order valence-corrected chi connectivity index (χ4v) is 2.39. The van der Waals surface area contributed by atoms with E-state index in [4.69, 9.17) is 25.8 Å². The second-order valence-electron chi connectivity index (χ2n) is 4.89. The van der Waals surface area contributed by atoms with Crippen LogP contribution in [-0.2, 0) is 9.53 Å². The molecule has 0 unspecified atom stereocenters. The third-order valence-corrected chi connectivity index (χ3v) is 3.65. The minimum Gasteiger partial charge on any atom is -0.493 e. The molecule has 2 aromatic carbocycles. The monoisotopic (exact) mass is 346 g/mol. The molecule has 5 heteroatoms. The molecule has 0 atom stereocenters. The molecule has 0 aromatic heterocycles. The molecule has 0 radical (unpaired) electrons. The van der Waals surface area contributed by atoms with Crippen molar-refractivity contribution in [1.29, 1.82) is 0 Å². The van der Waals surface area contributed by atoms with Gasteiger partial charge in [0.15, 0.2) is 11.5 Å². The molecule has 0 fully saturated rings. The second kappa shape index (κ2) is 8.41. The van der Waals surface area contributed by atoms with Crippen molar-refractivity contribution in [3.8, 4) is 11.5 Å². The Morgan fingerprint density at radius 1 is 1.00 bits per heavy atom. The number of carbonyl (C=O) groups excluding carboxylic acids is 1. The number of hydrogen-bond acceptors (Lipinski definition) is 4. The summed E-state index contributed by atoms with van der Waals surface area (Å²) in [7, 11) is 3.14. The van der Waals surface area contributed by atoms with Gasteiger partial charge in [0.2, 0.25) is 0 Å². The molecule has 0 heterocycles. The van der Waals surface area contributed by atoms with Gasteiger partial charge < -0.3 is 14.2 Å². The molecule has 126 valence electrons. The van der Waals surface area contributed by atoms with E-state index < -0.39 is 5.97 Å². The van der Waals surface area contributed by atoms with E-state index in [-0.39, 0.29) is 0 Å². The van der Waals surface area contributed by atoms with Crippen molar-refractivity contribution >= 4 is 23.1 Å². The molecule has 0 aliphatic carbocycles. The van der Waals surface area contributed by atoms with E-state index in [1.807, 2.05) is 24.3 Å². The van der Waals surface area contributed by atoms with Crippen LogP contribution in [-0.4, -0.2) is 26.8 Å². The van der Waals surface area contributed by atoms with Crippen LogP contribution >= 0.6 is 11.6 Å². The molecule has 0 saturated carbocycles. The summed E-state index contributed by atoms with van der Waals surface area (Å²) in [4.78, 5) is 12.0. The molecular weight excluding hydrogens is 328 g/mol. The fourth-order valence-electron chi connectivity index (χ4n) is 2.27. The first kappa shape index (κ1) is 17.9. The largest absolute Gasteiger partial charge is 0.493 e. The van der Waals surface area contributed by atoms with E-state index in [0.29, 0.717) is 28.7 Å². The Morgan fingerprint density at radius 3 is 2.21 bits per heavy atom. The highest BCUT2D eigenvalue weighted by molar-refractivity contribution is 6.30. The number of ether oxygens (including phenoxy) is 3. The van der Waals surface area contributed by atoms with Gasteiger partial charge in [-0.2, -0.15) is 0 Å². The van der Waals surface area contributed by atoms with Crippen LogP contribution in [0.1, 0.15) is 18.1 Å². The summed E-state index contributed by atoms with van der Waals surface area (Å²) in [5.41, 5.74) is 2.37. The summed E-state index contributed by atoms with van der Waals surface area (Å²) in [6.07, 6.45) is 1.47. The first-order chi connectivity index (χ1) is 11.6. The van der Waals surface area contributed by atoms with Crippen molar-refractivity contribution < 1.29 is 19.0 Å². The van der Waals surface area contributed by atoms with Crippen molar-refractivity contribution in [2.75, 3.05) is 20.8 Å². The smallest absolute Gasteiger partial charge is 0.331 e. The van der Waals surface area contributed by atoms with E-state index in [1.165, 1.54) is 6.08 Å². The minimum absolute atomic E-state index is 0.315. The van der Waals surface area contributed by atoms with Crippen LogP contribution in [0, 0.1) is 0 Å². The van der Waals surface area contributed by atoms with E-state index in [1.54, 1.807) is 39.3 Å². The van der Waals surface area contributed by atoms with Crippen LogP contribution < -0.4 is 9.47 Å². The average Bonchev–Trinajstić information content (AvgIpc) is 2.60. The summed E-state index contributed by atoms with van der Waals surface area (Å²) in [6.45, 7) is 2.08. The molecule has 0 bridgehead atoms. The van der Waals surface area contributed by atoms with Crippen molar-refractivity contribution in [2.24, 2.45) is 0 Å². The maximum Gasteiger partial charge on any atom is 0.331 e. The van der Waals surface area contributed by atoms with Crippen molar-refractivity contribution in [1.82, 2.24) is 0 Å².